The van der Waals surface area contributed by atoms with Crippen LogP contribution in [-0.4, -0.2) is 42.9 Å². The molecule has 1 saturated heterocycles. The van der Waals surface area contributed by atoms with E-state index in [1.165, 1.54) is 4.90 Å². The first-order valence-corrected chi connectivity index (χ1v) is 8.35. The van der Waals surface area contributed by atoms with E-state index >= 15 is 0 Å². The topological polar surface area (TPSA) is 29.5 Å². The Bertz CT molecular complexity index is 410. The lowest BCUT2D eigenvalue weighted by Crippen LogP contribution is -2.40. The van der Waals surface area contributed by atoms with Gasteiger partial charge in [0.1, 0.15) is 0 Å². The van der Waals surface area contributed by atoms with Crippen LogP contribution < -0.4 is 0 Å². The highest BCUT2D eigenvalue weighted by molar-refractivity contribution is 7.99. The third-order valence-electron chi connectivity index (χ3n) is 3.54. The molecule has 2 rings (SSSR count). The molecular formula is C16H23NO2S. The van der Waals surface area contributed by atoms with Gasteiger partial charge in [0.05, 0.1) is 12.5 Å². The summed E-state index contributed by atoms with van der Waals surface area (Å²) in [5.41, 5.74) is 0. The molecule has 0 spiro atoms. The van der Waals surface area contributed by atoms with Crippen molar-refractivity contribution < 1.29 is 9.53 Å². The van der Waals surface area contributed by atoms with Gasteiger partial charge in [-0.2, -0.15) is 0 Å². The molecule has 20 heavy (non-hydrogen) atoms. The average molecular weight is 293 g/mol. The monoisotopic (exact) mass is 293 g/mol. The largest absolute Gasteiger partial charge is 0.466 e. The number of nitrogens with zero attached hydrogens (tertiary/aromatic N) is 1. The molecule has 110 valence electrons. The van der Waals surface area contributed by atoms with Gasteiger partial charge in [0.2, 0.25) is 0 Å². The van der Waals surface area contributed by atoms with Crippen molar-refractivity contribution in [1.82, 2.24) is 4.90 Å². The van der Waals surface area contributed by atoms with Gasteiger partial charge in [-0.05, 0) is 38.4 Å². The smallest absolute Gasteiger partial charge is 0.310 e. The Labute approximate surface area is 125 Å². The first-order chi connectivity index (χ1) is 9.79. The number of hydrogen-bond donors (Lipinski definition) is 0. The molecule has 0 bridgehead atoms. The van der Waals surface area contributed by atoms with Crippen molar-refractivity contribution in [3.8, 4) is 0 Å². The molecule has 1 aliphatic heterocycles. The van der Waals surface area contributed by atoms with Crippen LogP contribution in [0.2, 0.25) is 0 Å². The lowest BCUT2D eigenvalue weighted by Gasteiger charge is -2.31. The fraction of sp³-hybridized carbons (Fsp3) is 0.562. The Hall–Kier alpha value is -1.00. The predicted molar refractivity (Wildman–Crippen MR) is 83.0 cm³/mol. The van der Waals surface area contributed by atoms with Gasteiger partial charge in [0, 0.05) is 23.7 Å². The second-order valence-electron chi connectivity index (χ2n) is 5.05. The zero-order valence-electron chi connectivity index (χ0n) is 12.1. The summed E-state index contributed by atoms with van der Waals surface area (Å²) in [5.74, 6) is 1.12. The number of benzene rings is 1. The maximum Gasteiger partial charge on any atom is 0.310 e. The summed E-state index contributed by atoms with van der Waals surface area (Å²) in [5, 5.41) is 0. The zero-order valence-corrected chi connectivity index (χ0v) is 12.9. The Balaban J connectivity index is 1.71. The van der Waals surface area contributed by atoms with Gasteiger partial charge in [-0.3, -0.25) is 4.79 Å². The summed E-state index contributed by atoms with van der Waals surface area (Å²) in [6.07, 6.45) is 2.07. The van der Waals surface area contributed by atoms with Crippen LogP contribution in [0.4, 0.5) is 0 Å². The molecule has 4 heteroatoms. The van der Waals surface area contributed by atoms with E-state index in [2.05, 4.69) is 29.2 Å². The number of hydrogen-bond acceptors (Lipinski definition) is 4. The van der Waals surface area contributed by atoms with Crippen molar-refractivity contribution in [2.75, 3.05) is 32.0 Å². The third-order valence-corrected chi connectivity index (χ3v) is 4.54. The first-order valence-electron chi connectivity index (χ1n) is 7.36. The molecule has 1 aliphatic rings. The first kappa shape index (κ1) is 15.4. The second kappa shape index (κ2) is 8.32. The van der Waals surface area contributed by atoms with Crippen LogP contribution in [0.15, 0.2) is 35.2 Å². The number of likely N-dealkylation sites (tertiary alicyclic amines) is 1. The maximum absolute atomic E-state index is 11.8. The Kier molecular flexibility index (Phi) is 6.40. The van der Waals surface area contributed by atoms with Crippen molar-refractivity contribution in [1.29, 1.82) is 0 Å². The highest BCUT2D eigenvalue weighted by atomic mass is 32.2. The lowest BCUT2D eigenvalue weighted by molar-refractivity contribution is -0.149. The van der Waals surface area contributed by atoms with Crippen LogP contribution in [0, 0.1) is 5.92 Å². The van der Waals surface area contributed by atoms with E-state index in [1.807, 2.05) is 24.8 Å². The quantitative estimate of drug-likeness (QED) is 0.595. The van der Waals surface area contributed by atoms with Crippen molar-refractivity contribution >= 4 is 17.7 Å². The van der Waals surface area contributed by atoms with Gasteiger partial charge >= 0.3 is 5.97 Å². The highest BCUT2D eigenvalue weighted by Gasteiger charge is 2.26. The second-order valence-corrected chi connectivity index (χ2v) is 6.22. The van der Waals surface area contributed by atoms with Crippen LogP contribution in [-0.2, 0) is 9.53 Å². The summed E-state index contributed by atoms with van der Waals surface area (Å²) >= 11 is 1.88. The minimum atomic E-state index is -0.0205. The van der Waals surface area contributed by atoms with Gasteiger partial charge in [-0.1, -0.05) is 18.2 Å². The van der Waals surface area contributed by atoms with Crippen LogP contribution in [0.5, 0.6) is 0 Å². The molecular weight excluding hydrogens is 270 g/mol. The van der Waals surface area contributed by atoms with E-state index in [0.29, 0.717) is 6.61 Å². The number of thioether (sulfide) groups is 1. The van der Waals surface area contributed by atoms with Crippen LogP contribution in [0.25, 0.3) is 0 Å². The molecule has 0 radical (unpaired) electrons. The van der Waals surface area contributed by atoms with Crippen molar-refractivity contribution in [3.05, 3.63) is 30.3 Å². The molecule has 1 heterocycles. The molecule has 0 amide bonds. The van der Waals surface area contributed by atoms with Gasteiger partial charge in [0.15, 0.2) is 0 Å². The molecule has 0 aliphatic carbocycles. The third kappa shape index (κ3) is 4.84. The molecule has 0 saturated carbocycles. The molecule has 0 unspecified atom stereocenters. The molecule has 0 N–H and O–H groups in total. The predicted octanol–water partition coefficient (Wildman–Crippen LogP) is 3.05. The van der Waals surface area contributed by atoms with Crippen molar-refractivity contribution in [2.24, 2.45) is 5.92 Å². The van der Waals surface area contributed by atoms with Crippen LogP contribution >= 0.6 is 11.8 Å². The van der Waals surface area contributed by atoms with E-state index < -0.39 is 0 Å². The summed E-state index contributed by atoms with van der Waals surface area (Å²) in [4.78, 5) is 15.5. The molecule has 1 fully saturated rings. The standard InChI is InChI=1S/C16H23NO2S/c1-2-19-16(18)14-7-6-10-17(13-14)11-12-20-15-8-4-3-5-9-15/h3-5,8-9,14H,2,6-7,10-13H2,1H3/t14-/m1/s1. The van der Waals surface area contributed by atoms with Crippen molar-refractivity contribution in [2.45, 2.75) is 24.7 Å². The molecule has 1 aromatic rings. The zero-order chi connectivity index (χ0) is 14.2. The minimum absolute atomic E-state index is 0.0205. The minimum Gasteiger partial charge on any atom is -0.466 e. The molecule has 1 atom stereocenters. The van der Waals surface area contributed by atoms with E-state index in [9.17, 15) is 4.79 Å². The van der Waals surface area contributed by atoms with Crippen LogP contribution in [0.1, 0.15) is 19.8 Å². The number of carbonyl (C=O) groups is 1. The Morgan fingerprint density at radius 1 is 1.40 bits per heavy atom. The van der Waals surface area contributed by atoms with Gasteiger partial charge in [0.25, 0.3) is 0 Å². The van der Waals surface area contributed by atoms with Gasteiger partial charge in [-0.15, -0.1) is 11.8 Å². The number of piperidine rings is 1. The van der Waals surface area contributed by atoms with Gasteiger partial charge in [-0.25, -0.2) is 0 Å². The van der Waals surface area contributed by atoms with E-state index in [1.54, 1.807) is 0 Å². The number of rotatable bonds is 6. The molecule has 3 nitrogen and oxygen atoms in total. The normalized spacial score (nSPS) is 19.8. The summed E-state index contributed by atoms with van der Waals surface area (Å²) in [7, 11) is 0. The summed E-state index contributed by atoms with van der Waals surface area (Å²) in [6.45, 7) is 5.35. The fourth-order valence-electron chi connectivity index (χ4n) is 2.52. The fourth-order valence-corrected chi connectivity index (χ4v) is 3.46. The highest BCUT2D eigenvalue weighted by Crippen LogP contribution is 2.20. The number of esters is 1. The molecule has 0 aromatic heterocycles. The SMILES string of the molecule is CCOC(=O)[C@@H]1CCCN(CCSc2ccccc2)C1. The summed E-state index contributed by atoms with van der Waals surface area (Å²) < 4.78 is 5.13. The number of ether oxygens (including phenoxy) is 1. The van der Waals surface area contributed by atoms with E-state index in [4.69, 9.17) is 4.74 Å². The number of carbonyl (C=O) groups excluding carboxylic acids is 1. The maximum atomic E-state index is 11.8. The Morgan fingerprint density at radius 2 is 2.20 bits per heavy atom. The average Bonchev–Trinajstić information content (AvgIpc) is 2.49. The van der Waals surface area contributed by atoms with Crippen LogP contribution in [0.3, 0.4) is 0 Å². The Morgan fingerprint density at radius 3 is 2.95 bits per heavy atom. The molecule has 1 aromatic carbocycles. The van der Waals surface area contributed by atoms with E-state index in [0.717, 1.165) is 38.2 Å². The van der Waals surface area contributed by atoms with Crippen molar-refractivity contribution in [3.63, 3.8) is 0 Å². The summed E-state index contributed by atoms with van der Waals surface area (Å²) in [6, 6.07) is 10.5. The van der Waals surface area contributed by atoms with Gasteiger partial charge < -0.3 is 9.64 Å². The lowest BCUT2D eigenvalue weighted by atomic mass is 9.98. The van der Waals surface area contributed by atoms with E-state index in [-0.39, 0.29) is 11.9 Å².